The molecule has 2 aromatic rings. The van der Waals surface area contributed by atoms with E-state index in [1.165, 1.54) is 26.4 Å². The standard InChI is InChI=1S/C13H9Br/c14-13-8-9-4-1-2-5-10(9)11-6-3-7-12(11)13/h1-6,8H,7H2. The van der Waals surface area contributed by atoms with E-state index < -0.39 is 0 Å². The lowest BCUT2D eigenvalue weighted by Gasteiger charge is -2.07. The summed E-state index contributed by atoms with van der Waals surface area (Å²) in [7, 11) is 0. The van der Waals surface area contributed by atoms with Crippen LogP contribution in [0.2, 0.25) is 0 Å². The second-order valence-electron chi connectivity index (χ2n) is 3.58. The van der Waals surface area contributed by atoms with Crippen molar-refractivity contribution in [3.63, 3.8) is 0 Å². The molecule has 2 aromatic carbocycles. The van der Waals surface area contributed by atoms with Crippen LogP contribution in [0.15, 0.2) is 40.9 Å². The van der Waals surface area contributed by atoms with Crippen LogP contribution in [-0.2, 0) is 6.42 Å². The van der Waals surface area contributed by atoms with Crippen molar-refractivity contribution >= 4 is 32.8 Å². The number of hydrogen-bond donors (Lipinski definition) is 0. The first-order valence-electron chi connectivity index (χ1n) is 4.73. The van der Waals surface area contributed by atoms with Crippen LogP contribution in [-0.4, -0.2) is 0 Å². The molecule has 0 heterocycles. The smallest absolute Gasteiger partial charge is 0.0222 e. The van der Waals surface area contributed by atoms with Gasteiger partial charge in [0.2, 0.25) is 0 Å². The van der Waals surface area contributed by atoms with Crippen LogP contribution in [0.4, 0.5) is 0 Å². The van der Waals surface area contributed by atoms with Gasteiger partial charge in [-0.1, -0.05) is 52.3 Å². The second-order valence-corrected chi connectivity index (χ2v) is 4.43. The molecular weight excluding hydrogens is 236 g/mol. The predicted octanol–water partition coefficient (Wildman–Crippen LogP) is 4.17. The third kappa shape index (κ3) is 1.05. The van der Waals surface area contributed by atoms with Gasteiger partial charge >= 0.3 is 0 Å². The van der Waals surface area contributed by atoms with Crippen molar-refractivity contribution in [3.05, 3.63) is 52.0 Å². The Morgan fingerprint density at radius 2 is 2.00 bits per heavy atom. The lowest BCUT2D eigenvalue weighted by Crippen LogP contribution is -1.86. The summed E-state index contributed by atoms with van der Waals surface area (Å²) in [5.74, 6) is 0. The van der Waals surface area contributed by atoms with Crippen molar-refractivity contribution in [1.82, 2.24) is 0 Å². The Morgan fingerprint density at radius 1 is 1.14 bits per heavy atom. The Bertz CT molecular complexity index is 538. The number of rotatable bonds is 0. The molecule has 0 radical (unpaired) electrons. The molecule has 0 bridgehead atoms. The van der Waals surface area contributed by atoms with Crippen LogP contribution in [0.25, 0.3) is 16.8 Å². The highest BCUT2D eigenvalue weighted by atomic mass is 79.9. The normalized spacial score (nSPS) is 13.5. The van der Waals surface area contributed by atoms with Crippen LogP contribution in [0.5, 0.6) is 0 Å². The fourth-order valence-electron chi connectivity index (χ4n) is 2.08. The van der Waals surface area contributed by atoms with Gasteiger partial charge in [-0.3, -0.25) is 0 Å². The Labute approximate surface area is 91.4 Å². The summed E-state index contributed by atoms with van der Waals surface area (Å²) in [6.07, 6.45) is 5.51. The number of benzene rings is 2. The van der Waals surface area contributed by atoms with E-state index in [0.29, 0.717) is 0 Å². The SMILES string of the molecule is Brc1cc2ccccc2c2c1CC=C2. The van der Waals surface area contributed by atoms with Crippen LogP contribution in [0, 0.1) is 0 Å². The molecule has 0 N–H and O–H groups in total. The minimum atomic E-state index is 1.06. The minimum Gasteiger partial charge on any atom is -0.0794 e. The molecule has 0 unspecified atom stereocenters. The quantitative estimate of drug-likeness (QED) is 0.653. The number of allylic oxidation sites excluding steroid dienone is 1. The highest BCUT2D eigenvalue weighted by Crippen LogP contribution is 2.34. The van der Waals surface area contributed by atoms with E-state index >= 15 is 0 Å². The average molecular weight is 245 g/mol. The highest BCUT2D eigenvalue weighted by Gasteiger charge is 2.12. The average Bonchev–Trinajstić information content (AvgIpc) is 2.67. The van der Waals surface area contributed by atoms with Gasteiger partial charge < -0.3 is 0 Å². The fourth-order valence-corrected chi connectivity index (χ4v) is 2.70. The third-order valence-corrected chi connectivity index (χ3v) is 3.46. The Morgan fingerprint density at radius 3 is 2.93 bits per heavy atom. The summed E-state index contributed by atoms with van der Waals surface area (Å²) in [5.41, 5.74) is 2.80. The first kappa shape index (κ1) is 8.25. The van der Waals surface area contributed by atoms with E-state index in [1.807, 2.05) is 0 Å². The van der Waals surface area contributed by atoms with E-state index in [-0.39, 0.29) is 0 Å². The zero-order valence-corrected chi connectivity index (χ0v) is 9.21. The summed E-state index contributed by atoms with van der Waals surface area (Å²) in [6, 6.07) is 10.7. The molecule has 68 valence electrons. The lowest BCUT2D eigenvalue weighted by molar-refractivity contribution is 1.30. The highest BCUT2D eigenvalue weighted by molar-refractivity contribution is 9.10. The largest absolute Gasteiger partial charge is 0.0794 e. The molecule has 14 heavy (non-hydrogen) atoms. The van der Waals surface area contributed by atoms with E-state index in [1.54, 1.807) is 0 Å². The van der Waals surface area contributed by atoms with Gasteiger partial charge in [-0.05, 0) is 34.4 Å². The minimum absolute atomic E-state index is 1.06. The first-order chi connectivity index (χ1) is 6.86. The molecule has 0 fully saturated rings. The summed E-state index contributed by atoms with van der Waals surface area (Å²) >= 11 is 3.63. The Hall–Kier alpha value is -1.08. The van der Waals surface area contributed by atoms with Crippen molar-refractivity contribution in [2.24, 2.45) is 0 Å². The Balaban J connectivity index is 2.51. The van der Waals surface area contributed by atoms with Crippen LogP contribution in [0.3, 0.4) is 0 Å². The maximum Gasteiger partial charge on any atom is 0.0222 e. The molecule has 0 spiro atoms. The maximum absolute atomic E-state index is 3.63. The van der Waals surface area contributed by atoms with E-state index in [9.17, 15) is 0 Å². The van der Waals surface area contributed by atoms with Gasteiger partial charge in [0.15, 0.2) is 0 Å². The Kier molecular flexibility index (Phi) is 1.74. The summed E-state index contributed by atoms with van der Waals surface area (Å²) < 4.78 is 1.23. The van der Waals surface area contributed by atoms with Crippen molar-refractivity contribution in [2.75, 3.05) is 0 Å². The van der Waals surface area contributed by atoms with Gasteiger partial charge in [0, 0.05) is 4.47 Å². The molecule has 0 atom stereocenters. The molecule has 0 nitrogen and oxygen atoms in total. The monoisotopic (exact) mass is 244 g/mol. The molecule has 1 aliphatic carbocycles. The molecule has 1 aliphatic rings. The summed E-state index contributed by atoms with van der Waals surface area (Å²) in [4.78, 5) is 0. The zero-order chi connectivity index (χ0) is 9.54. The summed E-state index contributed by atoms with van der Waals surface area (Å²) in [6.45, 7) is 0. The second kappa shape index (κ2) is 2.96. The van der Waals surface area contributed by atoms with Gasteiger partial charge in [-0.25, -0.2) is 0 Å². The fraction of sp³-hybridized carbons (Fsp3) is 0.0769. The van der Waals surface area contributed by atoms with Crippen LogP contribution >= 0.6 is 15.9 Å². The molecule has 0 saturated carbocycles. The first-order valence-corrected chi connectivity index (χ1v) is 5.52. The summed E-state index contributed by atoms with van der Waals surface area (Å²) in [5, 5.41) is 2.67. The molecule has 1 heteroatoms. The van der Waals surface area contributed by atoms with Crippen molar-refractivity contribution in [2.45, 2.75) is 6.42 Å². The van der Waals surface area contributed by atoms with E-state index in [0.717, 1.165) is 6.42 Å². The number of halogens is 1. The van der Waals surface area contributed by atoms with Crippen molar-refractivity contribution in [1.29, 1.82) is 0 Å². The lowest BCUT2D eigenvalue weighted by atomic mass is 10.0. The maximum atomic E-state index is 3.63. The van der Waals surface area contributed by atoms with Crippen molar-refractivity contribution in [3.8, 4) is 0 Å². The third-order valence-electron chi connectivity index (χ3n) is 2.75. The number of hydrogen-bond acceptors (Lipinski definition) is 0. The van der Waals surface area contributed by atoms with Gasteiger partial charge in [-0.15, -0.1) is 0 Å². The van der Waals surface area contributed by atoms with Crippen LogP contribution in [0.1, 0.15) is 11.1 Å². The topological polar surface area (TPSA) is 0 Å². The predicted molar refractivity (Wildman–Crippen MR) is 64.4 cm³/mol. The molecule has 0 aliphatic heterocycles. The molecule has 0 amide bonds. The molecule has 0 aromatic heterocycles. The van der Waals surface area contributed by atoms with E-state index in [4.69, 9.17) is 0 Å². The van der Waals surface area contributed by atoms with Crippen LogP contribution < -0.4 is 0 Å². The van der Waals surface area contributed by atoms with Gasteiger partial charge in [-0.2, -0.15) is 0 Å². The molecular formula is C13H9Br. The molecule has 3 rings (SSSR count). The number of fused-ring (bicyclic) bond motifs is 3. The van der Waals surface area contributed by atoms with Crippen molar-refractivity contribution < 1.29 is 0 Å². The zero-order valence-electron chi connectivity index (χ0n) is 7.63. The van der Waals surface area contributed by atoms with E-state index in [2.05, 4.69) is 58.4 Å². The van der Waals surface area contributed by atoms with Gasteiger partial charge in [0.1, 0.15) is 0 Å². The van der Waals surface area contributed by atoms with Gasteiger partial charge in [0.05, 0.1) is 0 Å². The van der Waals surface area contributed by atoms with Gasteiger partial charge in [0.25, 0.3) is 0 Å². The molecule has 0 saturated heterocycles.